The summed E-state index contributed by atoms with van der Waals surface area (Å²) in [7, 11) is 0. The summed E-state index contributed by atoms with van der Waals surface area (Å²) in [6.45, 7) is 2.59. The van der Waals surface area contributed by atoms with Crippen LogP contribution in [0.1, 0.15) is 11.3 Å². The predicted octanol–water partition coefficient (Wildman–Crippen LogP) is 3.01. The van der Waals surface area contributed by atoms with Crippen LogP contribution in [0.5, 0.6) is 0 Å². The second-order valence-corrected chi connectivity index (χ2v) is 5.20. The fourth-order valence-corrected chi connectivity index (χ4v) is 2.26. The average Bonchev–Trinajstić information content (AvgIpc) is 2.90. The third kappa shape index (κ3) is 3.44. The maximum atomic E-state index is 11.8. The number of benzene rings is 1. The molecule has 2 aromatic heterocycles. The Morgan fingerprint density at radius 3 is 2.86 bits per heavy atom. The lowest BCUT2D eigenvalue weighted by Crippen LogP contribution is -2.30. The molecule has 0 aliphatic heterocycles. The van der Waals surface area contributed by atoms with Crippen molar-refractivity contribution >= 4 is 17.4 Å². The Morgan fingerprint density at radius 2 is 2.05 bits per heavy atom. The highest BCUT2D eigenvalue weighted by Gasteiger charge is 2.04. The van der Waals surface area contributed by atoms with E-state index in [4.69, 9.17) is 0 Å². The summed E-state index contributed by atoms with van der Waals surface area (Å²) in [6.07, 6.45) is 4.69. The first-order valence-corrected chi connectivity index (χ1v) is 7.25. The van der Waals surface area contributed by atoms with Crippen molar-refractivity contribution in [3.63, 3.8) is 0 Å². The molecular weight excluding hydrogens is 276 g/mol. The van der Waals surface area contributed by atoms with Crippen LogP contribution in [0.25, 0.3) is 5.65 Å². The first kappa shape index (κ1) is 14.1. The molecule has 5 nitrogen and oxygen atoms in total. The third-order valence-corrected chi connectivity index (χ3v) is 3.36. The van der Waals surface area contributed by atoms with Gasteiger partial charge in [0.15, 0.2) is 0 Å². The Labute approximate surface area is 129 Å². The van der Waals surface area contributed by atoms with Crippen LogP contribution in [0.2, 0.25) is 0 Å². The minimum Gasteiger partial charge on any atom is -0.337 e. The van der Waals surface area contributed by atoms with Crippen molar-refractivity contribution in [3.8, 4) is 0 Å². The lowest BCUT2D eigenvalue weighted by Gasteiger charge is -2.06. The molecule has 0 saturated heterocycles. The Morgan fingerprint density at radius 1 is 1.23 bits per heavy atom. The van der Waals surface area contributed by atoms with Gasteiger partial charge in [0, 0.05) is 31.0 Å². The van der Waals surface area contributed by atoms with Crippen LogP contribution < -0.4 is 10.6 Å². The highest BCUT2D eigenvalue weighted by Crippen LogP contribution is 2.08. The average molecular weight is 294 g/mol. The van der Waals surface area contributed by atoms with E-state index in [1.54, 1.807) is 0 Å². The predicted molar refractivity (Wildman–Crippen MR) is 87.1 cm³/mol. The monoisotopic (exact) mass is 294 g/mol. The van der Waals surface area contributed by atoms with Gasteiger partial charge in [-0.2, -0.15) is 0 Å². The molecular formula is C17H18N4O. The number of hydrogen-bond acceptors (Lipinski definition) is 2. The third-order valence-electron chi connectivity index (χ3n) is 3.36. The van der Waals surface area contributed by atoms with Gasteiger partial charge in [0.25, 0.3) is 0 Å². The molecule has 0 spiro atoms. The van der Waals surface area contributed by atoms with Gasteiger partial charge in [-0.3, -0.25) is 0 Å². The van der Waals surface area contributed by atoms with Crippen molar-refractivity contribution < 1.29 is 4.79 Å². The molecule has 2 heterocycles. The minimum absolute atomic E-state index is 0.203. The molecule has 2 N–H and O–H groups in total. The number of carbonyl (C=O) groups excluding carboxylic acids is 1. The second kappa shape index (κ2) is 6.30. The number of pyridine rings is 1. The number of urea groups is 1. The molecule has 0 unspecified atom stereocenters. The van der Waals surface area contributed by atoms with E-state index in [0.29, 0.717) is 13.0 Å². The van der Waals surface area contributed by atoms with Crippen molar-refractivity contribution in [1.29, 1.82) is 0 Å². The number of nitrogens with one attached hydrogen (secondary N) is 2. The van der Waals surface area contributed by atoms with E-state index in [1.807, 2.05) is 66.2 Å². The van der Waals surface area contributed by atoms with Gasteiger partial charge in [-0.25, -0.2) is 9.78 Å². The van der Waals surface area contributed by atoms with Crippen LogP contribution in [0, 0.1) is 6.92 Å². The topological polar surface area (TPSA) is 58.4 Å². The molecule has 1 aromatic carbocycles. The molecule has 2 amide bonds. The maximum absolute atomic E-state index is 11.8. The van der Waals surface area contributed by atoms with Gasteiger partial charge in [-0.1, -0.05) is 18.2 Å². The number of nitrogens with zero attached hydrogens (tertiary/aromatic N) is 2. The van der Waals surface area contributed by atoms with E-state index in [-0.39, 0.29) is 6.03 Å². The second-order valence-electron chi connectivity index (χ2n) is 5.20. The normalized spacial score (nSPS) is 10.6. The molecule has 0 radical (unpaired) electrons. The fraction of sp³-hybridized carbons (Fsp3) is 0.176. The van der Waals surface area contributed by atoms with E-state index in [2.05, 4.69) is 15.6 Å². The van der Waals surface area contributed by atoms with Gasteiger partial charge in [0.05, 0.1) is 5.69 Å². The summed E-state index contributed by atoms with van der Waals surface area (Å²) in [5.41, 5.74) is 3.86. The highest BCUT2D eigenvalue weighted by molar-refractivity contribution is 5.89. The first-order valence-electron chi connectivity index (χ1n) is 7.25. The number of aromatic nitrogens is 2. The highest BCUT2D eigenvalue weighted by atomic mass is 16.2. The largest absolute Gasteiger partial charge is 0.337 e. The summed E-state index contributed by atoms with van der Waals surface area (Å²) in [6, 6.07) is 13.3. The number of para-hydroxylation sites is 1. The molecule has 22 heavy (non-hydrogen) atoms. The van der Waals surface area contributed by atoms with Crippen LogP contribution in [0.4, 0.5) is 10.5 Å². The maximum Gasteiger partial charge on any atom is 0.319 e. The molecule has 3 aromatic rings. The summed E-state index contributed by atoms with van der Waals surface area (Å²) in [4.78, 5) is 16.3. The van der Waals surface area contributed by atoms with Crippen LogP contribution in [-0.2, 0) is 6.42 Å². The molecule has 0 fully saturated rings. The summed E-state index contributed by atoms with van der Waals surface area (Å²) >= 11 is 0. The van der Waals surface area contributed by atoms with Crippen molar-refractivity contribution in [2.45, 2.75) is 13.3 Å². The van der Waals surface area contributed by atoms with Crippen LogP contribution in [0.15, 0.2) is 54.9 Å². The number of amides is 2. The molecule has 0 aliphatic carbocycles. The van der Waals surface area contributed by atoms with Crippen molar-refractivity contribution in [1.82, 2.24) is 14.7 Å². The summed E-state index contributed by atoms with van der Waals surface area (Å²) < 4.78 is 1.99. The van der Waals surface area contributed by atoms with E-state index in [9.17, 15) is 4.79 Å². The number of aryl methyl sites for hydroxylation is 1. The molecule has 5 heteroatoms. The van der Waals surface area contributed by atoms with Crippen LogP contribution >= 0.6 is 0 Å². The van der Waals surface area contributed by atoms with E-state index in [0.717, 1.165) is 17.0 Å². The fourth-order valence-electron chi connectivity index (χ4n) is 2.26. The Bertz CT molecular complexity index is 780. The Kier molecular flexibility index (Phi) is 4.05. The smallest absolute Gasteiger partial charge is 0.319 e. The number of fused-ring (bicyclic) bond motifs is 1. The molecule has 3 rings (SSSR count). The number of rotatable bonds is 4. The zero-order chi connectivity index (χ0) is 15.4. The van der Waals surface area contributed by atoms with Gasteiger partial charge in [-0.15, -0.1) is 0 Å². The van der Waals surface area contributed by atoms with Crippen LogP contribution in [0.3, 0.4) is 0 Å². The summed E-state index contributed by atoms with van der Waals surface area (Å²) in [5, 5.41) is 5.62. The molecule has 112 valence electrons. The first-order chi connectivity index (χ1) is 10.7. The number of carbonyl (C=O) groups is 1. The molecule has 0 saturated carbocycles. The lowest BCUT2D eigenvalue weighted by atomic mass is 10.3. The van der Waals surface area contributed by atoms with E-state index in [1.165, 1.54) is 5.56 Å². The Balaban J connectivity index is 1.52. The molecule has 0 aliphatic rings. The van der Waals surface area contributed by atoms with E-state index >= 15 is 0 Å². The molecule has 0 bridgehead atoms. The van der Waals surface area contributed by atoms with Gasteiger partial charge in [-0.05, 0) is 36.8 Å². The zero-order valence-corrected chi connectivity index (χ0v) is 12.4. The Hall–Kier alpha value is -2.82. The van der Waals surface area contributed by atoms with Crippen molar-refractivity contribution in [2.24, 2.45) is 0 Å². The zero-order valence-electron chi connectivity index (χ0n) is 12.4. The van der Waals surface area contributed by atoms with E-state index < -0.39 is 0 Å². The van der Waals surface area contributed by atoms with Gasteiger partial charge >= 0.3 is 6.03 Å². The van der Waals surface area contributed by atoms with Crippen LogP contribution in [-0.4, -0.2) is 22.0 Å². The van der Waals surface area contributed by atoms with Gasteiger partial charge < -0.3 is 15.0 Å². The quantitative estimate of drug-likeness (QED) is 0.777. The number of anilines is 1. The van der Waals surface area contributed by atoms with Gasteiger partial charge in [0.2, 0.25) is 0 Å². The standard InChI is InChI=1S/C17H18N4O/c1-13-8-10-21-12-15(19-16(21)11-13)7-9-18-17(22)20-14-5-3-2-4-6-14/h2-6,8,10-12H,7,9H2,1H3,(H2,18,20,22). The van der Waals surface area contributed by atoms with Gasteiger partial charge in [0.1, 0.15) is 5.65 Å². The SMILES string of the molecule is Cc1ccn2cc(CCNC(=O)Nc3ccccc3)nc2c1. The van der Waals surface area contributed by atoms with Crippen molar-refractivity contribution in [2.75, 3.05) is 11.9 Å². The number of imidazole rings is 1. The molecule has 0 atom stereocenters. The summed E-state index contributed by atoms with van der Waals surface area (Å²) in [5.74, 6) is 0. The lowest BCUT2D eigenvalue weighted by molar-refractivity contribution is 0.252. The van der Waals surface area contributed by atoms with Crippen molar-refractivity contribution in [3.05, 3.63) is 66.1 Å². The number of hydrogen-bond donors (Lipinski definition) is 2. The minimum atomic E-state index is -0.203.